The largest absolute Gasteiger partial charge is 0.301 e. The van der Waals surface area contributed by atoms with Crippen LogP contribution < -0.4 is 0 Å². The predicted molar refractivity (Wildman–Crippen MR) is 48.7 cm³/mol. The molecule has 1 aliphatic heterocycles. The lowest BCUT2D eigenvalue weighted by Gasteiger charge is -2.36. The van der Waals surface area contributed by atoms with Crippen molar-refractivity contribution in [2.24, 2.45) is 0 Å². The van der Waals surface area contributed by atoms with E-state index in [1.165, 1.54) is 25.4 Å². The van der Waals surface area contributed by atoms with Crippen molar-refractivity contribution in [2.45, 2.75) is 25.5 Å². The molecule has 1 heterocycles. The molecule has 0 aromatic carbocycles. The van der Waals surface area contributed by atoms with E-state index in [0.717, 1.165) is 0 Å². The maximum absolute atomic E-state index is 2.52. The zero-order valence-electron chi connectivity index (χ0n) is 7.18. The van der Waals surface area contributed by atoms with E-state index >= 15 is 0 Å². The van der Waals surface area contributed by atoms with Crippen LogP contribution >= 0.6 is 11.8 Å². The smallest absolute Gasteiger partial charge is 0.0231 e. The number of thioether (sulfide) groups is 1. The first-order chi connectivity index (χ1) is 4.64. The molecular weight excluding hydrogens is 142 g/mol. The van der Waals surface area contributed by atoms with Crippen molar-refractivity contribution in [1.82, 2.24) is 4.90 Å². The number of hydrogen-bond donors (Lipinski definition) is 0. The van der Waals surface area contributed by atoms with Crippen LogP contribution in [-0.4, -0.2) is 35.0 Å². The van der Waals surface area contributed by atoms with Gasteiger partial charge in [-0.05, 0) is 20.4 Å². The SMILES string of the molecule is CCN1CCSC(C)(C)C1. The van der Waals surface area contributed by atoms with Crippen molar-refractivity contribution in [2.75, 3.05) is 25.4 Å². The van der Waals surface area contributed by atoms with Crippen LogP contribution in [0.1, 0.15) is 20.8 Å². The zero-order chi connectivity index (χ0) is 7.61. The van der Waals surface area contributed by atoms with Gasteiger partial charge in [-0.15, -0.1) is 0 Å². The van der Waals surface area contributed by atoms with Crippen LogP contribution in [0.2, 0.25) is 0 Å². The molecule has 0 amide bonds. The van der Waals surface area contributed by atoms with Crippen molar-refractivity contribution < 1.29 is 0 Å². The van der Waals surface area contributed by atoms with E-state index in [0.29, 0.717) is 4.75 Å². The average molecular weight is 159 g/mol. The van der Waals surface area contributed by atoms with Crippen molar-refractivity contribution >= 4 is 11.8 Å². The molecular formula is C8H17NS. The third kappa shape index (κ3) is 2.17. The summed E-state index contributed by atoms with van der Waals surface area (Å²) in [6.45, 7) is 10.7. The lowest BCUT2D eigenvalue weighted by atomic mass is 10.2. The minimum Gasteiger partial charge on any atom is -0.301 e. The van der Waals surface area contributed by atoms with Gasteiger partial charge in [0.1, 0.15) is 0 Å². The predicted octanol–water partition coefficient (Wildman–Crippen LogP) is 1.83. The van der Waals surface area contributed by atoms with E-state index in [4.69, 9.17) is 0 Å². The minimum atomic E-state index is 0.494. The van der Waals surface area contributed by atoms with Crippen LogP contribution in [-0.2, 0) is 0 Å². The Balaban J connectivity index is 2.40. The molecule has 1 saturated heterocycles. The molecule has 0 radical (unpaired) electrons. The van der Waals surface area contributed by atoms with Crippen LogP contribution in [0.4, 0.5) is 0 Å². The highest BCUT2D eigenvalue weighted by Crippen LogP contribution is 2.28. The van der Waals surface area contributed by atoms with E-state index in [1.807, 2.05) is 0 Å². The average Bonchev–Trinajstić information content (AvgIpc) is 1.86. The highest BCUT2D eigenvalue weighted by molar-refractivity contribution is 8.00. The Labute approximate surface area is 68.2 Å². The molecule has 1 rings (SSSR count). The van der Waals surface area contributed by atoms with Gasteiger partial charge in [-0.3, -0.25) is 0 Å². The monoisotopic (exact) mass is 159 g/mol. The summed E-state index contributed by atoms with van der Waals surface area (Å²) in [7, 11) is 0. The van der Waals surface area contributed by atoms with Crippen LogP contribution in [0, 0.1) is 0 Å². The highest BCUT2D eigenvalue weighted by atomic mass is 32.2. The maximum Gasteiger partial charge on any atom is 0.0231 e. The Hall–Kier alpha value is 0.310. The summed E-state index contributed by atoms with van der Waals surface area (Å²) in [6.07, 6.45) is 0. The van der Waals surface area contributed by atoms with Gasteiger partial charge >= 0.3 is 0 Å². The standard InChI is InChI=1S/C8H17NS/c1-4-9-5-6-10-8(2,3)7-9/h4-7H2,1-3H3. The molecule has 1 nitrogen and oxygen atoms in total. The van der Waals surface area contributed by atoms with Gasteiger partial charge in [-0.25, -0.2) is 0 Å². The molecule has 0 aromatic heterocycles. The summed E-state index contributed by atoms with van der Waals surface area (Å²) in [6, 6.07) is 0. The Morgan fingerprint density at radius 1 is 1.50 bits per heavy atom. The molecule has 10 heavy (non-hydrogen) atoms. The number of hydrogen-bond acceptors (Lipinski definition) is 2. The Morgan fingerprint density at radius 2 is 2.20 bits per heavy atom. The van der Waals surface area contributed by atoms with Gasteiger partial charge in [-0.2, -0.15) is 11.8 Å². The third-order valence-corrected chi connectivity index (χ3v) is 3.25. The normalized spacial score (nSPS) is 26.7. The van der Waals surface area contributed by atoms with Gasteiger partial charge in [0, 0.05) is 23.6 Å². The van der Waals surface area contributed by atoms with Crippen molar-refractivity contribution in [1.29, 1.82) is 0 Å². The fourth-order valence-corrected chi connectivity index (χ4v) is 2.56. The van der Waals surface area contributed by atoms with Crippen molar-refractivity contribution in [3.05, 3.63) is 0 Å². The van der Waals surface area contributed by atoms with Gasteiger partial charge in [-0.1, -0.05) is 6.92 Å². The molecule has 2 heteroatoms. The van der Waals surface area contributed by atoms with Gasteiger partial charge in [0.2, 0.25) is 0 Å². The molecule has 0 atom stereocenters. The van der Waals surface area contributed by atoms with Crippen molar-refractivity contribution in [3.8, 4) is 0 Å². The summed E-state index contributed by atoms with van der Waals surface area (Å²) in [4.78, 5) is 2.52. The Kier molecular flexibility index (Phi) is 2.64. The first-order valence-electron chi connectivity index (χ1n) is 4.00. The van der Waals surface area contributed by atoms with Crippen molar-refractivity contribution in [3.63, 3.8) is 0 Å². The molecule has 0 N–H and O–H groups in total. The topological polar surface area (TPSA) is 3.24 Å². The number of nitrogens with zero attached hydrogens (tertiary/aromatic N) is 1. The molecule has 1 fully saturated rings. The first kappa shape index (κ1) is 8.41. The van der Waals surface area contributed by atoms with E-state index in [-0.39, 0.29) is 0 Å². The lowest BCUT2D eigenvalue weighted by molar-refractivity contribution is 0.274. The molecule has 0 saturated carbocycles. The molecule has 60 valence electrons. The lowest BCUT2D eigenvalue weighted by Crippen LogP contribution is -2.42. The molecule has 0 bridgehead atoms. The van der Waals surface area contributed by atoms with Crippen LogP contribution in [0.15, 0.2) is 0 Å². The van der Waals surface area contributed by atoms with Crippen LogP contribution in [0.3, 0.4) is 0 Å². The Bertz CT molecular complexity index is 112. The Morgan fingerprint density at radius 3 is 2.60 bits per heavy atom. The van der Waals surface area contributed by atoms with E-state index in [9.17, 15) is 0 Å². The fraction of sp³-hybridized carbons (Fsp3) is 1.00. The summed E-state index contributed by atoms with van der Waals surface area (Å²) in [5.74, 6) is 1.31. The zero-order valence-corrected chi connectivity index (χ0v) is 8.00. The molecule has 1 aliphatic rings. The van der Waals surface area contributed by atoms with E-state index in [2.05, 4.69) is 37.4 Å². The third-order valence-electron chi connectivity index (χ3n) is 1.95. The van der Waals surface area contributed by atoms with E-state index in [1.54, 1.807) is 0 Å². The van der Waals surface area contributed by atoms with Gasteiger partial charge < -0.3 is 4.90 Å². The fourth-order valence-electron chi connectivity index (χ4n) is 1.38. The first-order valence-corrected chi connectivity index (χ1v) is 4.99. The summed E-state index contributed by atoms with van der Waals surface area (Å²) < 4.78 is 0.494. The minimum absolute atomic E-state index is 0.494. The summed E-state index contributed by atoms with van der Waals surface area (Å²) in [5, 5.41) is 0. The second-order valence-corrected chi connectivity index (χ2v) is 5.28. The van der Waals surface area contributed by atoms with Crippen LogP contribution in [0.25, 0.3) is 0 Å². The molecule has 0 aliphatic carbocycles. The molecule has 0 aromatic rings. The number of rotatable bonds is 1. The van der Waals surface area contributed by atoms with E-state index < -0.39 is 0 Å². The second kappa shape index (κ2) is 3.14. The van der Waals surface area contributed by atoms with Gasteiger partial charge in [0.05, 0.1) is 0 Å². The highest BCUT2D eigenvalue weighted by Gasteiger charge is 2.25. The summed E-state index contributed by atoms with van der Waals surface area (Å²) in [5.41, 5.74) is 0. The quantitative estimate of drug-likeness (QED) is 0.574. The van der Waals surface area contributed by atoms with Crippen LogP contribution in [0.5, 0.6) is 0 Å². The van der Waals surface area contributed by atoms with Gasteiger partial charge in [0.15, 0.2) is 0 Å². The summed E-state index contributed by atoms with van der Waals surface area (Å²) >= 11 is 2.10. The molecule has 0 unspecified atom stereocenters. The van der Waals surface area contributed by atoms with Gasteiger partial charge in [0.25, 0.3) is 0 Å². The second-order valence-electron chi connectivity index (χ2n) is 3.48. The molecule has 0 spiro atoms. The maximum atomic E-state index is 2.52.